The van der Waals surface area contributed by atoms with Gasteiger partial charge in [-0.3, -0.25) is 13.9 Å². The molecule has 0 saturated heterocycles. The summed E-state index contributed by atoms with van der Waals surface area (Å²) in [5.74, 6) is -0.385. The lowest BCUT2D eigenvalue weighted by Gasteiger charge is -2.11. The minimum Gasteiger partial charge on any atom is -0.406 e. The first-order chi connectivity index (χ1) is 13.1. The number of rotatable bonds is 5. The maximum atomic E-state index is 12.8. The molecule has 0 fully saturated rings. The average Bonchev–Trinajstić information content (AvgIpc) is 2.96. The van der Waals surface area contributed by atoms with Crippen molar-refractivity contribution >= 4 is 11.0 Å². The fourth-order valence-corrected chi connectivity index (χ4v) is 3.15. The molecule has 0 aliphatic heterocycles. The highest BCUT2D eigenvalue weighted by Crippen LogP contribution is 2.30. The zero-order chi connectivity index (χ0) is 20.6. The van der Waals surface area contributed by atoms with Gasteiger partial charge in [-0.1, -0.05) is 12.1 Å². The first-order valence-corrected chi connectivity index (χ1v) is 8.40. The molecule has 0 atom stereocenters. The average molecular weight is 397 g/mol. The summed E-state index contributed by atoms with van der Waals surface area (Å²) in [5.41, 5.74) is 0.385. The second-order valence-corrected chi connectivity index (χ2v) is 6.27. The molecule has 0 aliphatic carbocycles. The normalized spacial score (nSPS) is 11.9. The van der Waals surface area contributed by atoms with E-state index in [0.29, 0.717) is 16.8 Å². The summed E-state index contributed by atoms with van der Waals surface area (Å²) in [6, 6.07) is 6.95. The second-order valence-electron chi connectivity index (χ2n) is 6.27. The van der Waals surface area contributed by atoms with Crippen molar-refractivity contribution in [2.24, 2.45) is 14.1 Å². The van der Waals surface area contributed by atoms with E-state index in [1.165, 1.54) is 34.4 Å². The van der Waals surface area contributed by atoms with Crippen LogP contribution in [0.3, 0.4) is 0 Å². The van der Waals surface area contributed by atoms with Gasteiger partial charge in [0.1, 0.15) is 11.3 Å². The monoisotopic (exact) mass is 397 g/mol. The number of halogens is 3. The number of hydrogen-bond acceptors (Lipinski definition) is 4. The van der Waals surface area contributed by atoms with E-state index in [2.05, 4.69) is 4.74 Å². The van der Waals surface area contributed by atoms with Gasteiger partial charge in [-0.25, -0.2) is 4.79 Å². The van der Waals surface area contributed by atoms with Gasteiger partial charge in [0.15, 0.2) is 0 Å². The Morgan fingerprint density at radius 2 is 1.82 bits per heavy atom. The number of hydrogen-bond donors (Lipinski definition) is 1. The van der Waals surface area contributed by atoms with Gasteiger partial charge < -0.3 is 14.4 Å². The van der Waals surface area contributed by atoms with Crippen LogP contribution in [0.1, 0.15) is 6.42 Å². The van der Waals surface area contributed by atoms with Crippen molar-refractivity contribution in [2.75, 3.05) is 6.61 Å². The zero-order valence-corrected chi connectivity index (χ0v) is 15.2. The minimum atomic E-state index is -4.82. The predicted molar refractivity (Wildman–Crippen MR) is 96.2 cm³/mol. The number of alkyl halides is 3. The van der Waals surface area contributed by atoms with Gasteiger partial charge in [-0.05, 0) is 24.6 Å². The van der Waals surface area contributed by atoms with E-state index >= 15 is 0 Å². The maximum absolute atomic E-state index is 12.8. The van der Waals surface area contributed by atoms with E-state index < -0.39 is 17.6 Å². The van der Waals surface area contributed by atoms with E-state index in [0.717, 1.165) is 4.57 Å². The highest BCUT2D eigenvalue weighted by molar-refractivity contribution is 5.83. The van der Waals surface area contributed by atoms with E-state index in [-0.39, 0.29) is 30.8 Å². The number of aryl methyl sites for hydroxylation is 2. The van der Waals surface area contributed by atoms with Gasteiger partial charge in [0.05, 0.1) is 11.2 Å². The number of fused-ring (bicyclic) bond motifs is 1. The Labute approximate surface area is 156 Å². The Kier molecular flexibility index (Phi) is 5.07. The van der Waals surface area contributed by atoms with Gasteiger partial charge in [0.2, 0.25) is 0 Å². The molecule has 0 aliphatic rings. The van der Waals surface area contributed by atoms with Crippen molar-refractivity contribution < 1.29 is 23.0 Å². The summed E-state index contributed by atoms with van der Waals surface area (Å²) >= 11 is 0. The number of aliphatic hydroxyl groups excluding tert-OH is 1. The standard InChI is InChI=1S/C18H18F3N3O4/c1-22-13(11-5-3-6-12(9-11)28-18(19,20)21)10-14-15(22)16(26)24(7-4-8-25)17(27)23(14)2/h3,5-6,9-10,25H,4,7-8H2,1-2H3. The van der Waals surface area contributed by atoms with Crippen molar-refractivity contribution in [1.29, 1.82) is 0 Å². The number of benzene rings is 1. The summed E-state index contributed by atoms with van der Waals surface area (Å²) in [7, 11) is 3.10. The van der Waals surface area contributed by atoms with Crippen LogP contribution in [-0.4, -0.2) is 31.8 Å². The van der Waals surface area contributed by atoms with Crippen LogP contribution in [0.2, 0.25) is 0 Å². The molecule has 7 nitrogen and oxygen atoms in total. The molecular weight excluding hydrogens is 379 g/mol. The van der Waals surface area contributed by atoms with Crippen molar-refractivity contribution in [2.45, 2.75) is 19.3 Å². The molecule has 0 bridgehead atoms. The molecule has 0 radical (unpaired) electrons. The van der Waals surface area contributed by atoms with Gasteiger partial charge in [-0.2, -0.15) is 0 Å². The van der Waals surface area contributed by atoms with Crippen molar-refractivity contribution in [3.63, 3.8) is 0 Å². The zero-order valence-electron chi connectivity index (χ0n) is 15.2. The third-order valence-electron chi connectivity index (χ3n) is 4.44. The van der Waals surface area contributed by atoms with Crippen LogP contribution < -0.4 is 16.0 Å². The first-order valence-electron chi connectivity index (χ1n) is 8.40. The number of nitrogens with zero attached hydrogens (tertiary/aromatic N) is 3. The highest BCUT2D eigenvalue weighted by Gasteiger charge is 2.31. The molecule has 1 N–H and O–H groups in total. The Morgan fingerprint density at radius 3 is 2.46 bits per heavy atom. The van der Waals surface area contributed by atoms with Gasteiger partial charge in [0, 0.05) is 32.8 Å². The second kappa shape index (κ2) is 7.19. The van der Waals surface area contributed by atoms with Crippen LogP contribution in [0.5, 0.6) is 5.75 Å². The lowest BCUT2D eigenvalue weighted by molar-refractivity contribution is -0.274. The molecule has 28 heavy (non-hydrogen) atoms. The minimum absolute atomic E-state index is 0.0629. The molecule has 3 aromatic rings. The molecule has 3 rings (SSSR count). The smallest absolute Gasteiger partial charge is 0.406 e. The fraction of sp³-hybridized carbons (Fsp3) is 0.333. The molecule has 0 spiro atoms. The van der Waals surface area contributed by atoms with Crippen LogP contribution in [0, 0.1) is 0 Å². The van der Waals surface area contributed by atoms with E-state index in [1.807, 2.05) is 0 Å². The van der Waals surface area contributed by atoms with Gasteiger partial charge >= 0.3 is 12.1 Å². The summed E-state index contributed by atoms with van der Waals surface area (Å²) < 4.78 is 45.3. The van der Waals surface area contributed by atoms with E-state index in [1.54, 1.807) is 19.2 Å². The molecule has 0 unspecified atom stereocenters. The van der Waals surface area contributed by atoms with Crippen molar-refractivity contribution in [3.8, 4) is 17.0 Å². The van der Waals surface area contributed by atoms with Crippen molar-refractivity contribution in [3.05, 3.63) is 51.2 Å². The van der Waals surface area contributed by atoms with Crippen molar-refractivity contribution in [1.82, 2.24) is 13.7 Å². The highest BCUT2D eigenvalue weighted by atomic mass is 19.4. The summed E-state index contributed by atoms with van der Waals surface area (Å²) in [5, 5.41) is 8.98. The van der Waals surface area contributed by atoms with Crippen LogP contribution in [0.15, 0.2) is 39.9 Å². The number of aromatic nitrogens is 3. The summed E-state index contributed by atoms with van der Waals surface area (Å²) in [4.78, 5) is 25.3. The first kappa shape index (κ1) is 19.7. The van der Waals surface area contributed by atoms with Gasteiger partial charge in [0.25, 0.3) is 5.56 Å². The van der Waals surface area contributed by atoms with E-state index in [9.17, 15) is 22.8 Å². The van der Waals surface area contributed by atoms with Crippen LogP contribution >= 0.6 is 0 Å². The molecule has 10 heteroatoms. The molecule has 2 heterocycles. The lowest BCUT2D eigenvalue weighted by atomic mass is 10.1. The summed E-state index contributed by atoms with van der Waals surface area (Å²) in [6.07, 6.45) is -4.57. The van der Waals surface area contributed by atoms with Crippen LogP contribution in [0.25, 0.3) is 22.3 Å². The lowest BCUT2D eigenvalue weighted by Crippen LogP contribution is -2.39. The largest absolute Gasteiger partial charge is 0.573 e. The van der Waals surface area contributed by atoms with E-state index in [4.69, 9.17) is 5.11 Å². The third kappa shape index (κ3) is 3.55. The molecule has 150 valence electrons. The quantitative estimate of drug-likeness (QED) is 0.714. The van der Waals surface area contributed by atoms with Crippen LogP contribution in [-0.2, 0) is 20.6 Å². The Bertz CT molecular complexity index is 1140. The molecule has 2 aromatic heterocycles. The molecular formula is C18H18F3N3O4. The molecule has 0 saturated carbocycles. The number of aliphatic hydroxyl groups is 1. The van der Waals surface area contributed by atoms with Crippen LogP contribution in [0.4, 0.5) is 13.2 Å². The Morgan fingerprint density at radius 1 is 1.11 bits per heavy atom. The predicted octanol–water partition coefficient (Wildman–Crippen LogP) is 1.99. The van der Waals surface area contributed by atoms with Gasteiger partial charge in [-0.15, -0.1) is 13.2 Å². The molecule has 1 aromatic carbocycles. The number of ether oxygens (including phenoxy) is 1. The maximum Gasteiger partial charge on any atom is 0.573 e. The Hall–Kier alpha value is -3.01. The third-order valence-corrected chi connectivity index (χ3v) is 4.44. The topological polar surface area (TPSA) is 78.4 Å². The fourth-order valence-electron chi connectivity index (χ4n) is 3.15. The Balaban J connectivity index is 2.20. The SMILES string of the molecule is Cn1c(-c2cccc(OC(F)(F)F)c2)cc2c1c(=O)n(CCCO)c(=O)n2C. The molecule has 0 amide bonds. The summed E-state index contributed by atoms with van der Waals surface area (Å²) in [6.45, 7) is -0.106.